The lowest BCUT2D eigenvalue weighted by molar-refractivity contribution is -0.137. The Kier molecular flexibility index (Phi) is 19.2. The smallest absolute Gasteiger partial charge is 0.416 e. The van der Waals surface area contributed by atoms with Crippen LogP contribution < -0.4 is 10.1 Å². The lowest BCUT2D eigenvalue weighted by Crippen LogP contribution is -2.15. The molecular weight excluding hydrogens is 639 g/mol. The van der Waals surface area contributed by atoms with Crippen LogP contribution in [0.4, 0.5) is 24.5 Å². The molecule has 0 heterocycles. The number of nitrogens with one attached hydrogen (secondary N) is 1. The predicted molar refractivity (Wildman–Crippen MR) is 184 cm³/mol. The van der Waals surface area contributed by atoms with E-state index in [1.807, 2.05) is 12.1 Å². The van der Waals surface area contributed by atoms with Crippen molar-refractivity contribution in [2.24, 2.45) is 0 Å². The van der Waals surface area contributed by atoms with Gasteiger partial charge in [-0.05, 0) is 60.9 Å². The van der Waals surface area contributed by atoms with Crippen molar-refractivity contribution in [1.82, 2.24) is 0 Å². The maximum absolute atomic E-state index is 13.0. The van der Waals surface area contributed by atoms with Gasteiger partial charge >= 0.3 is 12.1 Å². The second-order valence-electron chi connectivity index (χ2n) is 11.3. The molecule has 0 aliphatic carbocycles. The zero-order valence-electron chi connectivity index (χ0n) is 28.4. The number of carbonyl (C=O) groups excluding carboxylic acids is 1. The number of benzene rings is 3. The summed E-state index contributed by atoms with van der Waals surface area (Å²) in [5, 5.41) is 2.87. The Morgan fingerprint density at radius 1 is 0.653 bits per heavy atom. The zero-order chi connectivity index (χ0) is 35.0. The van der Waals surface area contributed by atoms with Crippen molar-refractivity contribution < 1.29 is 46.4 Å². The monoisotopic (exact) mass is 689 g/mol. The molecule has 270 valence electrons. The largest absolute Gasteiger partial charge is 0.491 e. The molecule has 0 aromatic heterocycles. The van der Waals surface area contributed by atoms with Crippen molar-refractivity contribution in [2.75, 3.05) is 71.4 Å². The number of unbranched alkanes of at least 4 members (excludes halogenated alkanes) is 5. The average Bonchev–Trinajstić information content (AvgIpc) is 3.10. The van der Waals surface area contributed by atoms with Crippen molar-refractivity contribution in [3.8, 4) is 5.75 Å². The normalized spacial score (nSPS) is 11.4. The fourth-order valence-electron chi connectivity index (χ4n) is 4.81. The molecule has 11 heteroatoms. The van der Waals surface area contributed by atoms with Gasteiger partial charge in [-0.2, -0.15) is 13.2 Å². The molecule has 3 rings (SSSR count). The first-order chi connectivity index (χ1) is 23.9. The third-order valence-corrected chi connectivity index (χ3v) is 7.43. The Morgan fingerprint density at radius 2 is 1.24 bits per heavy atom. The minimum absolute atomic E-state index is 0.0104. The Bertz CT molecular complexity index is 1320. The molecule has 0 fully saturated rings. The summed E-state index contributed by atoms with van der Waals surface area (Å²) < 4.78 is 72.2. The van der Waals surface area contributed by atoms with Crippen LogP contribution in [0.25, 0.3) is 0 Å². The predicted octanol–water partition coefficient (Wildman–Crippen LogP) is 8.65. The lowest BCUT2D eigenvalue weighted by atomic mass is 10.0. The highest BCUT2D eigenvalue weighted by molar-refractivity contribution is 5.96. The highest BCUT2D eigenvalue weighted by Gasteiger charge is 2.30. The van der Waals surface area contributed by atoms with Crippen LogP contribution in [0.5, 0.6) is 5.75 Å². The molecule has 3 aromatic rings. The molecule has 0 spiro atoms. The van der Waals surface area contributed by atoms with Gasteiger partial charge in [0.15, 0.2) is 0 Å². The molecule has 49 heavy (non-hydrogen) atoms. The first-order valence-electron chi connectivity index (χ1n) is 17.1. The number of alkyl halides is 3. The molecule has 0 unspecified atom stereocenters. The topological polar surface area (TPSA) is 84.5 Å². The van der Waals surface area contributed by atoms with E-state index in [4.69, 9.17) is 28.4 Å². The number of hydrogen-bond donors (Lipinski definition) is 1. The number of hydrogen-bond acceptors (Lipinski definition) is 8. The van der Waals surface area contributed by atoms with Gasteiger partial charge in [0, 0.05) is 5.69 Å². The van der Waals surface area contributed by atoms with Crippen molar-refractivity contribution >= 4 is 17.3 Å². The first-order valence-corrected chi connectivity index (χ1v) is 17.1. The summed E-state index contributed by atoms with van der Waals surface area (Å²) in [5.41, 5.74) is 1.29. The Balaban J connectivity index is 1.12. The molecule has 8 nitrogen and oxygen atoms in total. The van der Waals surface area contributed by atoms with Crippen molar-refractivity contribution in [3.05, 3.63) is 89.5 Å². The van der Waals surface area contributed by atoms with E-state index in [2.05, 4.69) is 24.4 Å². The first kappa shape index (κ1) is 39.8. The average molecular weight is 690 g/mol. The maximum atomic E-state index is 13.0. The van der Waals surface area contributed by atoms with Gasteiger partial charge in [0.05, 0.1) is 69.7 Å². The molecule has 0 amide bonds. The van der Waals surface area contributed by atoms with E-state index < -0.39 is 17.7 Å². The van der Waals surface area contributed by atoms with E-state index in [1.165, 1.54) is 62.3 Å². The van der Waals surface area contributed by atoms with Gasteiger partial charge in [-0.25, -0.2) is 4.79 Å². The molecule has 0 saturated heterocycles. The number of aryl methyl sites for hydroxylation is 1. The highest BCUT2D eigenvalue weighted by atomic mass is 19.4. The summed E-state index contributed by atoms with van der Waals surface area (Å²) in [6.07, 6.45) is 4.47. The van der Waals surface area contributed by atoms with Crippen LogP contribution in [0.3, 0.4) is 0 Å². The van der Waals surface area contributed by atoms with Crippen LogP contribution >= 0.6 is 0 Å². The van der Waals surface area contributed by atoms with Crippen LogP contribution in [0, 0.1) is 0 Å². The minimum Gasteiger partial charge on any atom is -0.491 e. The summed E-state index contributed by atoms with van der Waals surface area (Å²) in [7, 11) is 0. The van der Waals surface area contributed by atoms with Gasteiger partial charge < -0.3 is 33.7 Å². The van der Waals surface area contributed by atoms with Crippen LogP contribution in [0.1, 0.15) is 66.9 Å². The Hall–Kier alpha value is -3.64. The van der Waals surface area contributed by atoms with E-state index in [9.17, 15) is 18.0 Å². The number of ether oxygens (including phenoxy) is 6. The molecule has 1 N–H and O–H groups in total. The fourth-order valence-corrected chi connectivity index (χ4v) is 4.81. The van der Waals surface area contributed by atoms with E-state index in [-0.39, 0.29) is 24.5 Å². The number of esters is 1. The van der Waals surface area contributed by atoms with E-state index >= 15 is 0 Å². The van der Waals surface area contributed by atoms with Gasteiger partial charge in [-0.15, -0.1) is 0 Å². The number of anilines is 2. The van der Waals surface area contributed by atoms with Crippen molar-refractivity contribution in [1.29, 1.82) is 0 Å². The van der Waals surface area contributed by atoms with Crippen molar-refractivity contribution in [2.45, 2.75) is 58.0 Å². The molecule has 0 aliphatic rings. The third-order valence-electron chi connectivity index (χ3n) is 7.43. The number of carbonyl (C=O) groups is 1. The van der Waals surface area contributed by atoms with E-state index in [0.717, 1.165) is 24.3 Å². The second kappa shape index (κ2) is 23.7. The Morgan fingerprint density at radius 3 is 1.90 bits per heavy atom. The van der Waals surface area contributed by atoms with Crippen molar-refractivity contribution in [3.63, 3.8) is 0 Å². The quantitative estimate of drug-likeness (QED) is 0.0663. The second-order valence-corrected chi connectivity index (χ2v) is 11.3. The summed E-state index contributed by atoms with van der Waals surface area (Å²) in [6, 6.07) is 19.5. The molecule has 0 aliphatic heterocycles. The third kappa shape index (κ3) is 17.0. The number of halogens is 3. The highest BCUT2D eigenvalue weighted by Crippen LogP contribution is 2.32. The lowest BCUT2D eigenvalue weighted by Gasteiger charge is -2.13. The summed E-state index contributed by atoms with van der Waals surface area (Å²) in [4.78, 5) is 12.6. The SMILES string of the molecule is CCCCCCCCc1ccc(OCCOCCOCCOCCOCCOC(=O)c2ccccc2Nc2cccc(C(F)(F)F)c2)cc1. The van der Waals surface area contributed by atoms with Gasteiger partial charge in [0.1, 0.15) is 19.0 Å². The molecule has 0 saturated carbocycles. The zero-order valence-corrected chi connectivity index (χ0v) is 28.4. The molecular formula is C38H50F3NO7. The van der Waals surface area contributed by atoms with Gasteiger partial charge in [-0.3, -0.25) is 0 Å². The fraction of sp³-hybridized carbons (Fsp3) is 0.500. The Labute approximate surface area is 288 Å². The molecule has 3 aromatic carbocycles. The van der Waals surface area contributed by atoms with Gasteiger partial charge in [-0.1, -0.05) is 69.4 Å². The maximum Gasteiger partial charge on any atom is 0.416 e. The summed E-state index contributed by atoms with van der Waals surface area (Å²) >= 11 is 0. The van der Waals surface area contributed by atoms with Crippen LogP contribution in [-0.2, 0) is 36.3 Å². The summed E-state index contributed by atoms with van der Waals surface area (Å²) in [6.45, 7) is 5.81. The standard InChI is InChI=1S/C38H50F3NO7/c1-2-3-4-5-6-7-11-31-16-18-34(19-17-31)48-28-26-46-24-22-44-20-21-45-23-25-47-27-29-49-37(43)35-14-8-9-15-36(35)42-33-13-10-12-32(30-33)38(39,40)41/h8-10,12-19,30,42H,2-7,11,20-29H2,1H3. The van der Waals surface area contributed by atoms with Gasteiger partial charge in [0.25, 0.3) is 0 Å². The van der Waals surface area contributed by atoms with Gasteiger partial charge in [0.2, 0.25) is 0 Å². The number of para-hydroxylation sites is 1. The molecule has 0 radical (unpaired) electrons. The molecule has 0 atom stereocenters. The van der Waals surface area contributed by atoms with Crippen LogP contribution in [0.2, 0.25) is 0 Å². The minimum atomic E-state index is -4.47. The van der Waals surface area contributed by atoms with E-state index in [1.54, 1.807) is 18.2 Å². The summed E-state index contributed by atoms with van der Waals surface area (Å²) in [5.74, 6) is 0.231. The van der Waals surface area contributed by atoms with E-state index in [0.29, 0.717) is 58.5 Å². The number of rotatable bonds is 26. The molecule has 0 bridgehead atoms. The van der Waals surface area contributed by atoms with Crippen LogP contribution in [-0.4, -0.2) is 72.0 Å². The van der Waals surface area contributed by atoms with Crippen LogP contribution in [0.15, 0.2) is 72.8 Å².